The predicted molar refractivity (Wildman–Crippen MR) is 144 cm³/mol. The molecule has 0 fully saturated rings. The number of rotatable bonds is 12. The second-order valence-electron chi connectivity index (χ2n) is 8.84. The highest BCUT2D eigenvalue weighted by Gasteiger charge is 2.33. The molecule has 0 spiro atoms. The molecule has 1 N–H and O–H groups in total. The van der Waals surface area contributed by atoms with Crippen molar-refractivity contribution in [3.8, 4) is 5.75 Å². The molecule has 0 saturated carbocycles. The first kappa shape index (κ1) is 29.5. The van der Waals surface area contributed by atoms with Crippen LogP contribution in [0.4, 0.5) is 5.69 Å². The van der Waals surface area contributed by atoms with Gasteiger partial charge in [0.25, 0.3) is 0 Å². The first-order valence-corrected chi connectivity index (χ1v) is 14.1. The Morgan fingerprint density at radius 3 is 2.36 bits per heavy atom. The van der Waals surface area contributed by atoms with Crippen molar-refractivity contribution in [3.63, 3.8) is 0 Å². The molecule has 0 radical (unpaired) electrons. The van der Waals surface area contributed by atoms with E-state index in [1.807, 2.05) is 52.0 Å². The summed E-state index contributed by atoms with van der Waals surface area (Å²) in [5.74, 6) is -0.543. The van der Waals surface area contributed by atoms with E-state index >= 15 is 0 Å². The number of ether oxygens (including phenoxy) is 1. The number of hydrogen-bond acceptors (Lipinski definition) is 5. The van der Waals surface area contributed by atoms with Gasteiger partial charge in [0.15, 0.2) is 0 Å². The third-order valence-electron chi connectivity index (χ3n) is 5.91. The lowest BCUT2D eigenvalue weighted by molar-refractivity contribution is -0.140. The first-order chi connectivity index (χ1) is 16.9. The summed E-state index contributed by atoms with van der Waals surface area (Å²) in [7, 11) is -2.50. The van der Waals surface area contributed by atoms with Crippen LogP contribution in [0.5, 0.6) is 5.75 Å². The highest BCUT2D eigenvalue weighted by Crippen LogP contribution is 2.33. The van der Waals surface area contributed by atoms with E-state index in [1.165, 1.54) is 18.1 Å². The largest absolute Gasteiger partial charge is 0.495 e. The number of benzene rings is 2. The van der Waals surface area contributed by atoms with Crippen LogP contribution in [-0.4, -0.2) is 57.1 Å². The Bertz CT molecular complexity index is 1170. The normalized spacial score (nSPS) is 13.0. The van der Waals surface area contributed by atoms with E-state index in [9.17, 15) is 18.0 Å². The molecule has 0 bridgehead atoms. The third-order valence-corrected chi connectivity index (χ3v) is 7.27. The lowest BCUT2D eigenvalue weighted by atomic mass is 10.1. The molecule has 8 nitrogen and oxygen atoms in total. The second-order valence-corrected chi connectivity index (χ2v) is 11.2. The van der Waals surface area contributed by atoms with Gasteiger partial charge in [-0.1, -0.05) is 55.3 Å². The van der Waals surface area contributed by atoms with Gasteiger partial charge in [-0.25, -0.2) is 8.42 Å². The molecular weight excluding hydrogens is 502 g/mol. The number of carbonyl (C=O) groups is 2. The van der Waals surface area contributed by atoms with Crippen molar-refractivity contribution in [1.82, 2.24) is 10.2 Å². The fourth-order valence-corrected chi connectivity index (χ4v) is 4.83. The number of hydrogen-bond donors (Lipinski definition) is 1. The van der Waals surface area contributed by atoms with Crippen LogP contribution in [0.15, 0.2) is 42.5 Å². The molecule has 2 rings (SSSR count). The smallest absolute Gasteiger partial charge is 0.244 e. The van der Waals surface area contributed by atoms with Crippen molar-refractivity contribution < 1.29 is 22.7 Å². The summed E-state index contributed by atoms with van der Waals surface area (Å²) in [6.07, 6.45) is 2.11. The van der Waals surface area contributed by atoms with Gasteiger partial charge >= 0.3 is 0 Å². The van der Waals surface area contributed by atoms with E-state index in [2.05, 4.69) is 5.32 Å². The van der Waals surface area contributed by atoms with Crippen molar-refractivity contribution in [2.45, 2.75) is 59.2 Å². The van der Waals surface area contributed by atoms with Crippen molar-refractivity contribution in [1.29, 1.82) is 0 Å². The summed E-state index contributed by atoms with van der Waals surface area (Å²) in [6.45, 7) is 7.26. The first-order valence-electron chi connectivity index (χ1n) is 11.9. The molecule has 36 heavy (non-hydrogen) atoms. The standard InChI is InChI=1S/C26H36ClN3O5S/c1-7-19(4)28-26(32)22(8-2)29(16-20-11-9-10-18(3)14-20)25(31)17-30(36(6,33)34)23-15-21(27)12-13-24(23)35-5/h9-15,19,22H,7-8,16-17H2,1-6H3,(H,28,32). The van der Waals surface area contributed by atoms with Gasteiger partial charge in [-0.15, -0.1) is 0 Å². The Balaban J connectivity index is 2.51. The summed E-state index contributed by atoms with van der Waals surface area (Å²) >= 11 is 6.14. The Kier molecular flexibility index (Phi) is 10.6. The molecule has 2 aromatic rings. The fraction of sp³-hybridized carbons (Fsp3) is 0.462. The van der Waals surface area contributed by atoms with Crippen LogP contribution in [0, 0.1) is 6.92 Å². The zero-order valence-corrected chi connectivity index (χ0v) is 23.3. The molecule has 0 aliphatic heterocycles. The number of nitrogens with one attached hydrogen (secondary N) is 1. The van der Waals surface area contributed by atoms with Crippen LogP contribution >= 0.6 is 11.6 Å². The number of anilines is 1. The summed E-state index contributed by atoms with van der Waals surface area (Å²) in [5.41, 5.74) is 2.00. The number of carbonyl (C=O) groups excluding carboxylic acids is 2. The molecule has 2 atom stereocenters. The fourth-order valence-electron chi connectivity index (χ4n) is 3.82. The van der Waals surface area contributed by atoms with Gasteiger partial charge in [0.2, 0.25) is 21.8 Å². The number of aryl methyl sites for hydroxylation is 1. The Morgan fingerprint density at radius 2 is 1.81 bits per heavy atom. The van der Waals surface area contributed by atoms with Crippen LogP contribution in [0.25, 0.3) is 0 Å². The summed E-state index contributed by atoms with van der Waals surface area (Å²) in [5, 5.41) is 3.25. The molecular formula is C26H36ClN3O5S. The Labute approximate surface area is 219 Å². The van der Waals surface area contributed by atoms with E-state index in [4.69, 9.17) is 16.3 Å². The van der Waals surface area contributed by atoms with Crippen molar-refractivity contribution in [2.24, 2.45) is 0 Å². The minimum Gasteiger partial charge on any atom is -0.495 e. The zero-order chi connectivity index (χ0) is 27.0. The number of amides is 2. The molecule has 2 amide bonds. The van der Waals surface area contributed by atoms with Gasteiger partial charge in [0, 0.05) is 17.6 Å². The summed E-state index contributed by atoms with van der Waals surface area (Å²) < 4.78 is 31.9. The second kappa shape index (κ2) is 13.0. The lowest BCUT2D eigenvalue weighted by Gasteiger charge is -2.33. The van der Waals surface area contributed by atoms with Gasteiger partial charge in [-0.3, -0.25) is 13.9 Å². The van der Waals surface area contributed by atoms with Gasteiger partial charge in [-0.2, -0.15) is 0 Å². The zero-order valence-electron chi connectivity index (χ0n) is 21.7. The minimum atomic E-state index is -3.90. The summed E-state index contributed by atoms with van der Waals surface area (Å²) in [4.78, 5) is 28.4. The number of halogens is 1. The molecule has 0 saturated heterocycles. The lowest BCUT2D eigenvalue weighted by Crippen LogP contribution is -2.53. The van der Waals surface area contributed by atoms with Crippen molar-refractivity contribution in [3.05, 3.63) is 58.6 Å². The van der Waals surface area contributed by atoms with E-state index in [-0.39, 0.29) is 29.9 Å². The quantitative estimate of drug-likeness (QED) is 0.439. The van der Waals surface area contributed by atoms with Gasteiger partial charge in [0.1, 0.15) is 18.3 Å². The summed E-state index contributed by atoms with van der Waals surface area (Å²) in [6, 6.07) is 11.3. The highest BCUT2D eigenvalue weighted by atomic mass is 35.5. The molecule has 0 aliphatic rings. The third kappa shape index (κ3) is 7.86. The molecule has 198 valence electrons. The van der Waals surface area contributed by atoms with Crippen molar-refractivity contribution >= 4 is 39.1 Å². The maximum Gasteiger partial charge on any atom is 0.244 e. The van der Waals surface area contributed by atoms with E-state index in [0.29, 0.717) is 11.4 Å². The van der Waals surface area contributed by atoms with Crippen LogP contribution in [0.3, 0.4) is 0 Å². The van der Waals surface area contributed by atoms with Crippen molar-refractivity contribution in [2.75, 3.05) is 24.2 Å². The van der Waals surface area contributed by atoms with Crippen LogP contribution in [-0.2, 0) is 26.2 Å². The molecule has 10 heteroatoms. The molecule has 0 aliphatic carbocycles. The van der Waals surface area contributed by atoms with Gasteiger partial charge < -0.3 is 15.0 Å². The number of sulfonamides is 1. The van der Waals surface area contributed by atoms with E-state index in [0.717, 1.165) is 28.1 Å². The molecule has 0 aromatic heterocycles. The average molecular weight is 538 g/mol. The maximum atomic E-state index is 13.8. The van der Waals surface area contributed by atoms with E-state index < -0.39 is 28.5 Å². The predicted octanol–water partition coefficient (Wildman–Crippen LogP) is 4.15. The number of methoxy groups -OCH3 is 1. The SMILES string of the molecule is CCC(C)NC(=O)C(CC)N(Cc1cccc(C)c1)C(=O)CN(c1cc(Cl)ccc1OC)S(C)(=O)=O. The highest BCUT2D eigenvalue weighted by molar-refractivity contribution is 7.92. The maximum absolute atomic E-state index is 13.8. The Hall–Kier alpha value is -2.78. The topological polar surface area (TPSA) is 96.0 Å². The van der Waals surface area contributed by atoms with Crippen LogP contribution in [0.2, 0.25) is 5.02 Å². The number of nitrogens with zero attached hydrogens (tertiary/aromatic N) is 2. The van der Waals surface area contributed by atoms with Gasteiger partial charge in [0.05, 0.1) is 19.1 Å². The Morgan fingerprint density at radius 1 is 1.11 bits per heavy atom. The monoisotopic (exact) mass is 537 g/mol. The van der Waals surface area contributed by atoms with Gasteiger partial charge in [-0.05, 0) is 50.5 Å². The van der Waals surface area contributed by atoms with E-state index in [1.54, 1.807) is 12.1 Å². The molecule has 0 heterocycles. The molecule has 2 aromatic carbocycles. The minimum absolute atomic E-state index is 0.0642. The molecule has 2 unspecified atom stereocenters. The van der Waals surface area contributed by atoms with Crippen LogP contribution in [0.1, 0.15) is 44.7 Å². The van der Waals surface area contributed by atoms with Crippen LogP contribution < -0.4 is 14.4 Å². The average Bonchev–Trinajstić information content (AvgIpc) is 2.81.